The van der Waals surface area contributed by atoms with Crippen LogP contribution in [0.15, 0.2) is 0 Å². The van der Waals surface area contributed by atoms with Crippen molar-refractivity contribution in [3.8, 4) is 0 Å². The highest BCUT2D eigenvalue weighted by molar-refractivity contribution is 5.04. The molecule has 2 fully saturated rings. The molecule has 0 heterocycles. The van der Waals surface area contributed by atoms with Crippen molar-refractivity contribution in [2.45, 2.75) is 46.0 Å². The molecule has 118 valence electrons. The molecule has 2 unspecified atom stereocenters. The summed E-state index contributed by atoms with van der Waals surface area (Å²) < 4.78 is 10.6. The molecule has 0 saturated heterocycles. The maximum absolute atomic E-state index is 5.61. The van der Waals surface area contributed by atoms with E-state index in [-0.39, 0.29) is 0 Å². The first-order valence-electron chi connectivity index (χ1n) is 8.42. The number of methoxy groups -OCH3 is 1. The van der Waals surface area contributed by atoms with E-state index in [2.05, 4.69) is 19.2 Å². The molecule has 2 saturated carbocycles. The monoisotopic (exact) mass is 283 g/mol. The maximum atomic E-state index is 5.61. The van der Waals surface area contributed by atoms with Gasteiger partial charge in [0, 0.05) is 20.3 Å². The average molecular weight is 283 g/mol. The van der Waals surface area contributed by atoms with Gasteiger partial charge in [-0.1, -0.05) is 13.8 Å². The molecule has 2 atom stereocenters. The minimum Gasteiger partial charge on any atom is -0.382 e. The molecule has 3 nitrogen and oxygen atoms in total. The van der Waals surface area contributed by atoms with Crippen molar-refractivity contribution in [1.29, 1.82) is 0 Å². The van der Waals surface area contributed by atoms with E-state index < -0.39 is 0 Å². The molecule has 0 aromatic carbocycles. The first kappa shape index (κ1) is 16.3. The van der Waals surface area contributed by atoms with Crippen molar-refractivity contribution in [2.24, 2.45) is 23.2 Å². The van der Waals surface area contributed by atoms with E-state index >= 15 is 0 Å². The molecule has 2 aliphatic rings. The van der Waals surface area contributed by atoms with Gasteiger partial charge in [-0.3, -0.25) is 0 Å². The van der Waals surface area contributed by atoms with Gasteiger partial charge in [0.25, 0.3) is 0 Å². The molecular weight excluding hydrogens is 250 g/mol. The highest BCUT2D eigenvalue weighted by atomic mass is 16.5. The van der Waals surface area contributed by atoms with Crippen LogP contribution in [0.1, 0.15) is 46.0 Å². The van der Waals surface area contributed by atoms with Crippen LogP contribution in [0.3, 0.4) is 0 Å². The second kappa shape index (κ2) is 7.77. The summed E-state index contributed by atoms with van der Waals surface area (Å²) in [5, 5.41) is 3.71. The number of fused-ring (bicyclic) bond motifs is 1. The molecule has 2 aliphatic carbocycles. The lowest BCUT2D eigenvalue weighted by molar-refractivity contribution is 0.0625. The summed E-state index contributed by atoms with van der Waals surface area (Å²) in [5.74, 6) is 2.87. The Morgan fingerprint density at radius 1 is 1.15 bits per heavy atom. The quantitative estimate of drug-likeness (QED) is 0.591. The molecule has 0 spiro atoms. The summed E-state index contributed by atoms with van der Waals surface area (Å²) in [4.78, 5) is 0. The van der Waals surface area contributed by atoms with Gasteiger partial charge < -0.3 is 14.8 Å². The van der Waals surface area contributed by atoms with Crippen molar-refractivity contribution in [2.75, 3.05) is 40.0 Å². The molecule has 0 aromatic heterocycles. The summed E-state index contributed by atoms with van der Waals surface area (Å²) in [6, 6.07) is 0. The zero-order valence-corrected chi connectivity index (χ0v) is 13.6. The fraction of sp³-hybridized carbons (Fsp3) is 1.00. The Hall–Kier alpha value is -0.120. The number of hydrogen-bond donors (Lipinski definition) is 1. The predicted molar refractivity (Wildman–Crippen MR) is 82.9 cm³/mol. The molecule has 1 N–H and O–H groups in total. The van der Waals surface area contributed by atoms with E-state index in [9.17, 15) is 0 Å². The first-order chi connectivity index (χ1) is 9.65. The van der Waals surface area contributed by atoms with Gasteiger partial charge >= 0.3 is 0 Å². The van der Waals surface area contributed by atoms with Gasteiger partial charge in [0.2, 0.25) is 0 Å². The zero-order valence-electron chi connectivity index (χ0n) is 13.6. The van der Waals surface area contributed by atoms with E-state index in [1.54, 1.807) is 7.11 Å². The smallest absolute Gasteiger partial charge is 0.0700 e. The Bertz CT molecular complexity index is 270. The van der Waals surface area contributed by atoms with Crippen LogP contribution < -0.4 is 5.32 Å². The molecular formula is C17H33NO2. The molecule has 2 rings (SSSR count). The molecule has 0 bridgehead atoms. The number of rotatable bonds is 11. The van der Waals surface area contributed by atoms with E-state index in [0.717, 1.165) is 37.5 Å². The Morgan fingerprint density at radius 3 is 2.55 bits per heavy atom. The highest BCUT2D eigenvalue weighted by Crippen LogP contribution is 2.61. The fourth-order valence-corrected chi connectivity index (χ4v) is 3.86. The Kier molecular flexibility index (Phi) is 6.31. The Balaban J connectivity index is 1.65. The van der Waals surface area contributed by atoms with E-state index in [4.69, 9.17) is 9.47 Å². The summed E-state index contributed by atoms with van der Waals surface area (Å²) >= 11 is 0. The summed E-state index contributed by atoms with van der Waals surface area (Å²) in [6.07, 6.45) is 6.96. The second-order valence-corrected chi connectivity index (χ2v) is 7.40. The van der Waals surface area contributed by atoms with Crippen molar-refractivity contribution in [1.82, 2.24) is 5.32 Å². The third-order valence-electron chi connectivity index (χ3n) is 4.94. The number of ether oxygens (including phenoxy) is 2. The SMILES string of the molecule is COCCOCCCC1(CNCC(C)C)CC2CC2C1. The first-order valence-corrected chi connectivity index (χ1v) is 8.42. The average Bonchev–Trinajstić information content (AvgIpc) is 3.02. The maximum Gasteiger partial charge on any atom is 0.0700 e. The van der Waals surface area contributed by atoms with Crippen LogP contribution in [0.4, 0.5) is 0 Å². The Labute approximate surface area is 124 Å². The summed E-state index contributed by atoms with van der Waals surface area (Å²) in [5.41, 5.74) is 0.576. The lowest BCUT2D eigenvalue weighted by Crippen LogP contribution is -2.35. The van der Waals surface area contributed by atoms with Crippen molar-refractivity contribution in [3.63, 3.8) is 0 Å². The van der Waals surface area contributed by atoms with Gasteiger partial charge in [-0.25, -0.2) is 0 Å². The van der Waals surface area contributed by atoms with E-state index in [0.29, 0.717) is 12.0 Å². The molecule has 0 aromatic rings. The van der Waals surface area contributed by atoms with Crippen LogP contribution >= 0.6 is 0 Å². The Morgan fingerprint density at radius 2 is 1.90 bits per heavy atom. The van der Waals surface area contributed by atoms with Crippen LogP contribution in [-0.4, -0.2) is 40.0 Å². The lowest BCUT2D eigenvalue weighted by Gasteiger charge is -2.32. The molecule has 20 heavy (non-hydrogen) atoms. The van der Waals surface area contributed by atoms with Crippen LogP contribution in [0.5, 0.6) is 0 Å². The topological polar surface area (TPSA) is 30.5 Å². The molecule has 3 heteroatoms. The number of nitrogens with one attached hydrogen (secondary N) is 1. The van der Waals surface area contributed by atoms with E-state index in [1.165, 1.54) is 38.6 Å². The second-order valence-electron chi connectivity index (χ2n) is 7.40. The van der Waals surface area contributed by atoms with Gasteiger partial charge in [-0.15, -0.1) is 0 Å². The predicted octanol–water partition coefficient (Wildman–Crippen LogP) is 3.09. The largest absolute Gasteiger partial charge is 0.382 e. The molecule has 0 aliphatic heterocycles. The van der Waals surface area contributed by atoms with E-state index in [1.807, 2.05) is 0 Å². The van der Waals surface area contributed by atoms with Crippen LogP contribution in [0.25, 0.3) is 0 Å². The van der Waals surface area contributed by atoms with Gasteiger partial charge in [0.05, 0.1) is 13.2 Å². The normalized spacial score (nSPS) is 31.8. The van der Waals surface area contributed by atoms with Crippen molar-refractivity contribution < 1.29 is 9.47 Å². The number of hydrogen-bond acceptors (Lipinski definition) is 3. The third-order valence-corrected chi connectivity index (χ3v) is 4.94. The van der Waals surface area contributed by atoms with Gasteiger partial charge in [0.1, 0.15) is 0 Å². The minimum atomic E-state index is 0.576. The van der Waals surface area contributed by atoms with Gasteiger partial charge in [-0.2, -0.15) is 0 Å². The summed E-state index contributed by atoms with van der Waals surface area (Å²) in [7, 11) is 1.73. The highest BCUT2D eigenvalue weighted by Gasteiger charge is 2.52. The van der Waals surface area contributed by atoms with Crippen molar-refractivity contribution in [3.05, 3.63) is 0 Å². The minimum absolute atomic E-state index is 0.576. The van der Waals surface area contributed by atoms with Crippen LogP contribution in [-0.2, 0) is 9.47 Å². The zero-order chi connectivity index (χ0) is 14.4. The van der Waals surface area contributed by atoms with Gasteiger partial charge in [0.15, 0.2) is 0 Å². The summed E-state index contributed by atoms with van der Waals surface area (Å²) in [6.45, 7) is 9.29. The fourth-order valence-electron chi connectivity index (χ4n) is 3.86. The van der Waals surface area contributed by atoms with Crippen LogP contribution in [0, 0.1) is 23.2 Å². The third kappa shape index (κ3) is 5.01. The standard InChI is InChI=1S/C17H33NO2/c1-14(2)12-18-13-17(10-15-9-16(15)11-17)5-4-6-20-8-7-19-3/h14-16,18H,4-13H2,1-3H3. The lowest BCUT2D eigenvalue weighted by atomic mass is 9.78. The van der Waals surface area contributed by atoms with Gasteiger partial charge in [-0.05, 0) is 61.8 Å². The van der Waals surface area contributed by atoms with Crippen LogP contribution in [0.2, 0.25) is 0 Å². The molecule has 0 amide bonds. The van der Waals surface area contributed by atoms with Crippen molar-refractivity contribution >= 4 is 0 Å². The molecule has 0 radical (unpaired) electrons.